The lowest BCUT2D eigenvalue weighted by molar-refractivity contribution is -0.123. The molecule has 0 aliphatic carbocycles. The number of nitrogens with zero attached hydrogens (tertiary/aromatic N) is 1. The summed E-state index contributed by atoms with van der Waals surface area (Å²) < 4.78 is 16.0. The smallest absolute Gasteiger partial charge is 0.407 e. The Hall–Kier alpha value is -3.29. The Morgan fingerprint density at radius 2 is 2.11 bits per heavy atom. The zero-order valence-electron chi connectivity index (χ0n) is 15.1. The van der Waals surface area contributed by atoms with Gasteiger partial charge in [0, 0.05) is 12.4 Å². The van der Waals surface area contributed by atoms with Gasteiger partial charge < -0.3 is 24.8 Å². The van der Waals surface area contributed by atoms with Crippen molar-refractivity contribution in [1.82, 2.24) is 15.6 Å². The van der Waals surface area contributed by atoms with E-state index in [9.17, 15) is 9.59 Å². The fourth-order valence-electron chi connectivity index (χ4n) is 2.64. The van der Waals surface area contributed by atoms with Crippen LogP contribution in [0.25, 0.3) is 0 Å². The number of rotatable bonds is 7. The molecule has 1 aromatic carbocycles. The monoisotopic (exact) mass is 371 g/mol. The highest BCUT2D eigenvalue weighted by Crippen LogP contribution is 2.31. The first-order chi connectivity index (χ1) is 13.1. The first kappa shape index (κ1) is 18.5. The third-order valence-corrected chi connectivity index (χ3v) is 4.18. The SMILES string of the molecule is COc1cc(C(C)NC(=O)[C@H]2COC(=O)N2)ccc1OCc1ccncc1. The predicted molar refractivity (Wildman–Crippen MR) is 96.4 cm³/mol. The second-order valence-corrected chi connectivity index (χ2v) is 6.08. The van der Waals surface area contributed by atoms with E-state index in [0.717, 1.165) is 11.1 Å². The van der Waals surface area contributed by atoms with Gasteiger partial charge in [0.15, 0.2) is 11.5 Å². The summed E-state index contributed by atoms with van der Waals surface area (Å²) in [4.78, 5) is 27.2. The maximum absolute atomic E-state index is 12.2. The number of methoxy groups -OCH3 is 1. The zero-order valence-corrected chi connectivity index (χ0v) is 15.1. The third kappa shape index (κ3) is 4.66. The molecule has 2 aromatic rings. The maximum Gasteiger partial charge on any atom is 0.407 e. The molecule has 1 aliphatic rings. The van der Waals surface area contributed by atoms with Crippen LogP contribution < -0.4 is 20.1 Å². The molecule has 8 nitrogen and oxygen atoms in total. The van der Waals surface area contributed by atoms with Crippen molar-refractivity contribution in [3.05, 3.63) is 53.9 Å². The first-order valence-corrected chi connectivity index (χ1v) is 8.50. The zero-order chi connectivity index (χ0) is 19.2. The van der Waals surface area contributed by atoms with Gasteiger partial charge in [-0.3, -0.25) is 9.78 Å². The lowest BCUT2D eigenvalue weighted by Crippen LogP contribution is -2.43. The fraction of sp³-hybridized carbons (Fsp3) is 0.316. The predicted octanol–water partition coefficient (Wildman–Crippen LogP) is 1.95. The largest absolute Gasteiger partial charge is 0.493 e. The minimum atomic E-state index is -0.676. The molecule has 1 aliphatic heterocycles. The Bertz CT molecular complexity index is 812. The molecule has 2 amide bonds. The van der Waals surface area contributed by atoms with E-state index in [-0.39, 0.29) is 18.6 Å². The second-order valence-electron chi connectivity index (χ2n) is 6.08. The van der Waals surface area contributed by atoms with Crippen molar-refractivity contribution >= 4 is 12.0 Å². The summed E-state index contributed by atoms with van der Waals surface area (Å²) >= 11 is 0. The number of nitrogens with one attached hydrogen (secondary N) is 2. The minimum Gasteiger partial charge on any atom is -0.493 e. The van der Waals surface area contributed by atoms with Crippen molar-refractivity contribution in [2.24, 2.45) is 0 Å². The van der Waals surface area contributed by atoms with Crippen LogP contribution in [-0.2, 0) is 16.1 Å². The van der Waals surface area contributed by atoms with Crippen molar-refractivity contribution in [2.45, 2.75) is 25.6 Å². The van der Waals surface area contributed by atoms with Crippen molar-refractivity contribution in [3.63, 3.8) is 0 Å². The molecule has 1 aromatic heterocycles. The highest BCUT2D eigenvalue weighted by molar-refractivity contribution is 5.88. The molecular weight excluding hydrogens is 350 g/mol. The number of hydrogen-bond acceptors (Lipinski definition) is 6. The van der Waals surface area contributed by atoms with Gasteiger partial charge >= 0.3 is 6.09 Å². The average Bonchev–Trinajstić information content (AvgIpc) is 3.13. The first-order valence-electron chi connectivity index (χ1n) is 8.50. The summed E-state index contributed by atoms with van der Waals surface area (Å²) in [5.74, 6) is 0.874. The summed E-state index contributed by atoms with van der Waals surface area (Å²) in [5, 5.41) is 5.30. The molecule has 3 rings (SSSR count). The Kier molecular flexibility index (Phi) is 5.75. The number of aromatic nitrogens is 1. The molecular formula is C19H21N3O5. The van der Waals surface area contributed by atoms with Gasteiger partial charge in [-0.15, -0.1) is 0 Å². The van der Waals surface area contributed by atoms with E-state index < -0.39 is 12.1 Å². The molecule has 8 heteroatoms. The van der Waals surface area contributed by atoms with E-state index in [1.807, 2.05) is 31.2 Å². The standard InChI is InChI=1S/C19H21N3O5/c1-12(21-18(23)15-11-27-19(24)22-15)14-3-4-16(17(9-14)25-2)26-10-13-5-7-20-8-6-13/h3-9,12,15H,10-11H2,1-2H3,(H,21,23)(H,22,24)/t12?,15-/m1/s1. The quantitative estimate of drug-likeness (QED) is 0.772. The Morgan fingerprint density at radius 3 is 2.78 bits per heavy atom. The summed E-state index contributed by atoms with van der Waals surface area (Å²) in [7, 11) is 1.56. The van der Waals surface area contributed by atoms with Crippen molar-refractivity contribution in [1.29, 1.82) is 0 Å². The second kappa shape index (κ2) is 8.39. The number of benzene rings is 1. The van der Waals surface area contributed by atoms with Gasteiger partial charge in [-0.2, -0.15) is 0 Å². The minimum absolute atomic E-state index is 0.0302. The van der Waals surface area contributed by atoms with E-state index in [0.29, 0.717) is 18.1 Å². The summed E-state index contributed by atoms with van der Waals surface area (Å²) in [6, 6.07) is 8.28. The highest BCUT2D eigenvalue weighted by Gasteiger charge is 2.29. The van der Waals surface area contributed by atoms with Gasteiger partial charge in [-0.25, -0.2) is 4.79 Å². The maximum atomic E-state index is 12.2. The van der Waals surface area contributed by atoms with Crippen LogP contribution in [-0.4, -0.2) is 36.7 Å². The van der Waals surface area contributed by atoms with Crippen LogP contribution in [0.5, 0.6) is 11.5 Å². The number of carbonyl (C=O) groups is 2. The highest BCUT2D eigenvalue weighted by atomic mass is 16.6. The van der Waals surface area contributed by atoms with Crippen LogP contribution in [0.3, 0.4) is 0 Å². The van der Waals surface area contributed by atoms with Crippen LogP contribution in [0.2, 0.25) is 0 Å². The Labute approximate surface area is 156 Å². The molecule has 2 atom stereocenters. The Morgan fingerprint density at radius 1 is 1.33 bits per heavy atom. The molecule has 2 heterocycles. The molecule has 0 radical (unpaired) electrons. The topological polar surface area (TPSA) is 98.8 Å². The van der Waals surface area contributed by atoms with Crippen molar-refractivity contribution < 1.29 is 23.8 Å². The average molecular weight is 371 g/mol. The number of carbonyl (C=O) groups excluding carboxylic acids is 2. The molecule has 2 N–H and O–H groups in total. The van der Waals surface area contributed by atoms with Gasteiger partial charge in [0.05, 0.1) is 13.2 Å². The van der Waals surface area contributed by atoms with Gasteiger partial charge in [-0.1, -0.05) is 6.07 Å². The third-order valence-electron chi connectivity index (χ3n) is 4.18. The van der Waals surface area contributed by atoms with E-state index in [2.05, 4.69) is 15.6 Å². The van der Waals surface area contributed by atoms with Gasteiger partial charge in [0.25, 0.3) is 0 Å². The van der Waals surface area contributed by atoms with Gasteiger partial charge in [0.1, 0.15) is 19.3 Å². The number of amides is 2. The molecule has 0 saturated carbocycles. The van der Waals surface area contributed by atoms with Gasteiger partial charge in [-0.05, 0) is 42.3 Å². The van der Waals surface area contributed by atoms with Crippen LogP contribution in [0.4, 0.5) is 4.79 Å². The normalized spacial score (nSPS) is 16.8. The lowest BCUT2D eigenvalue weighted by atomic mass is 10.1. The number of cyclic esters (lactones) is 1. The molecule has 1 unspecified atom stereocenters. The van der Waals surface area contributed by atoms with E-state index >= 15 is 0 Å². The van der Waals surface area contributed by atoms with Gasteiger partial charge in [0.2, 0.25) is 5.91 Å². The molecule has 1 saturated heterocycles. The van der Waals surface area contributed by atoms with E-state index in [1.54, 1.807) is 25.6 Å². The summed E-state index contributed by atoms with van der Waals surface area (Å²) in [5.41, 5.74) is 1.85. The van der Waals surface area contributed by atoms with Crippen molar-refractivity contribution in [3.8, 4) is 11.5 Å². The fourth-order valence-corrected chi connectivity index (χ4v) is 2.64. The molecule has 0 bridgehead atoms. The Balaban J connectivity index is 1.64. The number of hydrogen-bond donors (Lipinski definition) is 2. The van der Waals surface area contributed by atoms with Crippen LogP contribution in [0.1, 0.15) is 24.1 Å². The molecule has 27 heavy (non-hydrogen) atoms. The van der Waals surface area contributed by atoms with Crippen LogP contribution >= 0.6 is 0 Å². The molecule has 0 spiro atoms. The van der Waals surface area contributed by atoms with Crippen LogP contribution in [0, 0.1) is 0 Å². The van der Waals surface area contributed by atoms with Crippen LogP contribution in [0.15, 0.2) is 42.7 Å². The summed E-state index contributed by atoms with van der Waals surface area (Å²) in [6.07, 6.45) is 2.84. The van der Waals surface area contributed by atoms with Crippen molar-refractivity contribution in [2.75, 3.05) is 13.7 Å². The number of pyridine rings is 1. The molecule has 142 valence electrons. The van der Waals surface area contributed by atoms with E-state index in [1.165, 1.54) is 0 Å². The molecule has 1 fully saturated rings. The number of alkyl carbamates (subject to hydrolysis) is 1. The van der Waals surface area contributed by atoms with E-state index in [4.69, 9.17) is 14.2 Å². The number of ether oxygens (including phenoxy) is 3. The lowest BCUT2D eigenvalue weighted by Gasteiger charge is -2.18. The summed E-state index contributed by atoms with van der Waals surface area (Å²) in [6.45, 7) is 2.27.